The molecule has 0 amide bonds. The fourth-order valence-corrected chi connectivity index (χ4v) is 2.11. The van der Waals surface area contributed by atoms with Crippen LogP contribution in [0.5, 0.6) is 0 Å². The molecule has 0 saturated heterocycles. The number of hydrogen-bond donors (Lipinski definition) is 1. The molecule has 0 bridgehead atoms. The van der Waals surface area contributed by atoms with Crippen LogP contribution >= 0.6 is 11.3 Å². The highest BCUT2D eigenvalue weighted by atomic mass is 32.1. The van der Waals surface area contributed by atoms with E-state index in [0.29, 0.717) is 18.6 Å². The molecule has 0 fully saturated rings. The molecule has 2 atom stereocenters. The van der Waals surface area contributed by atoms with Gasteiger partial charge < -0.3 is 5.73 Å². The van der Waals surface area contributed by atoms with Crippen LogP contribution in [-0.4, -0.2) is 24.5 Å². The normalized spacial score (nSPS) is 16.1. The third-order valence-electron chi connectivity index (χ3n) is 2.60. The monoisotopic (exact) mass is 198 g/mol. The van der Waals surface area contributed by atoms with Crippen molar-refractivity contribution in [2.75, 3.05) is 13.6 Å². The molecule has 1 aromatic heterocycles. The van der Waals surface area contributed by atoms with Crippen molar-refractivity contribution in [2.24, 2.45) is 5.73 Å². The van der Waals surface area contributed by atoms with E-state index in [0.717, 1.165) is 0 Å². The molecule has 0 aliphatic rings. The van der Waals surface area contributed by atoms with Gasteiger partial charge in [0.25, 0.3) is 0 Å². The maximum Gasteiger partial charge on any atom is 0.0413 e. The summed E-state index contributed by atoms with van der Waals surface area (Å²) in [5, 5.41) is 2.12. The molecule has 13 heavy (non-hydrogen) atoms. The lowest BCUT2D eigenvalue weighted by atomic mass is 10.2. The van der Waals surface area contributed by atoms with Gasteiger partial charge in [-0.3, -0.25) is 4.90 Å². The summed E-state index contributed by atoms with van der Waals surface area (Å²) in [5.74, 6) is 0. The summed E-state index contributed by atoms with van der Waals surface area (Å²) in [7, 11) is 2.13. The highest BCUT2D eigenvalue weighted by molar-refractivity contribution is 7.10. The largest absolute Gasteiger partial charge is 0.329 e. The van der Waals surface area contributed by atoms with E-state index in [2.05, 4.69) is 43.3 Å². The summed E-state index contributed by atoms with van der Waals surface area (Å²) in [6.07, 6.45) is 0. The van der Waals surface area contributed by atoms with Crippen LogP contribution in [0, 0.1) is 0 Å². The topological polar surface area (TPSA) is 29.3 Å². The zero-order valence-electron chi connectivity index (χ0n) is 8.53. The Balaban J connectivity index is 2.62. The Morgan fingerprint density at radius 2 is 2.23 bits per heavy atom. The summed E-state index contributed by atoms with van der Waals surface area (Å²) in [6, 6.07) is 5.18. The van der Waals surface area contributed by atoms with Crippen LogP contribution in [-0.2, 0) is 0 Å². The molecular formula is C10H18N2S. The van der Waals surface area contributed by atoms with Crippen molar-refractivity contribution in [1.82, 2.24) is 4.90 Å². The lowest BCUT2D eigenvalue weighted by molar-refractivity contribution is 0.204. The van der Waals surface area contributed by atoms with Crippen LogP contribution in [0.3, 0.4) is 0 Å². The molecule has 0 spiro atoms. The van der Waals surface area contributed by atoms with Gasteiger partial charge in [-0.25, -0.2) is 0 Å². The minimum atomic E-state index is 0.442. The Morgan fingerprint density at radius 1 is 1.54 bits per heavy atom. The van der Waals surface area contributed by atoms with Gasteiger partial charge in [0.1, 0.15) is 0 Å². The highest BCUT2D eigenvalue weighted by Gasteiger charge is 2.16. The second-order valence-corrected chi connectivity index (χ2v) is 4.42. The molecule has 0 aliphatic carbocycles. The fourth-order valence-electron chi connectivity index (χ4n) is 1.28. The molecule has 2 N–H and O–H groups in total. The molecule has 0 saturated carbocycles. The van der Waals surface area contributed by atoms with Gasteiger partial charge in [-0.15, -0.1) is 11.3 Å². The summed E-state index contributed by atoms with van der Waals surface area (Å²) in [4.78, 5) is 3.72. The van der Waals surface area contributed by atoms with Gasteiger partial charge in [0.2, 0.25) is 0 Å². The molecule has 3 heteroatoms. The average molecular weight is 198 g/mol. The molecular weight excluding hydrogens is 180 g/mol. The van der Waals surface area contributed by atoms with Crippen LogP contribution in [0.4, 0.5) is 0 Å². The number of likely N-dealkylation sites (N-methyl/N-ethyl adjacent to an activating group) is 1. The SMILES string of the molecule is CC(CN)N(C)C(C)c1cccs1. The number of rotatable bonds is 4. The van der Waals surface area contributed by atoms with E-state index in [9.17, 15) is 0 Å². The third-order valence-corrected chi connectivity index (χ3v) is 3.64. The second-order valence-electron chi connectivity index (χ2n) is 3.44. The summed E-state index contributed by atoms with van der Waals surface area (Å²) < 4.78 is 0. The molecule has 0 radical (unpaired) electrons. The number of nitrogens with zero attached hydrogens (tertiary/aromatic N) is 1. The molecule has 2 nitrogen and oxygen atoms in total. The molecule has 1 rings (SSSR count). The van der Waals surface area contributed by atoms with Crippen molar-refractivity contribution < 1.29 is 0 Å². The lowest BCUT2D eigenvalue weighted by Gasteiger charge is -2.29. The summed E-state index contributed by atoms with van der Waals surface area (Å²) >= 11 is 1.80. The Kier molecular flexibility index (Phi) is 3.90. The molecule has 0 aromatic carbocycles. The first-order valence-corrected chi connectivity index (χ1v) is 5.50. The van der Waals surface area contributed by atoms with Gasteiger partial charge in [-0.05, 0) is 32.3 Å². The molecule has 74 valence electrons. The van der Waals surface area contributed by atoms with Crippen LogP contribution in [0.1, 0.15) is 24.8 Å². The smallest absolute Gasteiger partial charge is 0.0413 e. The van der Waals surface area contributed by atoms with Crippen molar-refractivity contribution in [3.8, 4) is 0 Å². The number of hydrogen-bond acceptors (Lipinski definition) is 3. The zero-order chi connectivity index (χ0) is 9.84. The lowest BCUT2D eigenvalue weighted by Crippen LogP contribution is -2.36. The van der Waals surface area contributed by atoms with Crippen LogP contribution < -0.4 is 5.73 Å². The minimum absolute atomic E-state index is 0.442. The van der Waals surface area contributed by atoms with Gasteiger partial charge in [0, 0.05) is 23.5 Å². The van der Waals surface area contributed by atoms with E-state index >= 15 is 0 Å². The van der Waals surface area contributed by atoms with Crippen molar-refractivity contribution in [3.63, 3.8) is 0 Å². The Bertz CT molecular complexity index is 233. The van der Waals surface area contributed by atoms with Crippen LogP contribution in [0.25, 0.3) is 0 Å². The van der Waals surface area contributed by atoms with Gasteiger partial charge >= 0.3 is 0 Å². The predicted octanol–water partition coefficient (Wildman–Crippen LogP) is 2.09. The zero-order valence-corrected chi connectivity index (χ0v) is 9.34. The van der Waals surface area contributed by atoms with E-state index in [4.69, 9.17) is 5.73 Å². The van der Waals surface area contributed by atoms with Crippen molar-refractivity contribution in [2.45, 2.75) is 25.9 Å². The van der Waals surface area contributed by atoms with E-state index in [1.54, 1.807) is 11.3 Å². The van der Waals surface area contributed by atoms with E-state index in [1.807, 2.05) is 0 Å². The van der Waals surface area contributed by atoms with E-state index in [1.165, 1.54) is 4.88 Å². The van der Waals surface area contributed by atoms with Crippen molar-refractivity contribution in [3.05, 3.63) is 22.4 Å². The third kappa shape index (κ3) is 2.53. The second kappa shape index (κ2) is 4.74. The van der Waals surface area contributed by atoms with E-state index < -0.39 is 0 Å². The van der Waals surface area contributed by atoms with Crippen molar-refractivity contribution in [1.29, 1.82) is 0 Å². The van der Waals surface area contributed by atoms with Gasteiger partial charge in [-0.1, -0.05) is 6.07 Å². The van der Waals surface area contributed by atoms with Gasteiger partial charge in [0.05, 0.1) is 0 Å². The van der Waals surface area contributed by atoms with Gasteiger partial charge in [0.15, 0.2) is 0 Å². The first kappa shape index (κ1) is 10.7. The quantitative estimate of drug-likeness (QED) is 0.802. The van der Waals surface area contributed by atoms with Gasteiger partial charge in [-0.2, -0.15) is 0 Å². The minimum Gasteiger partial charge on any atom is -0.329 e. The standard InChI is InChI=1S/C10H18N2S/c1-8(7-11)12(3)9(2)10-5-4-6-13-10/h4-6,8-9H,7,11H2,1-3H3. The first-order valence-electron chi connectivity index (χ1n) is 4.62. The fraction of sp³-hybridized carbons (Fsp3) is 0.600. The van der Waals surface area contributed by atoms with E-state index in [-0.39, 0.29) is 0 Å². The molecule has 1 aromatic rings. The Morgan fingerprint density at radius 3 is 2.69 bits per heavy atom. The van der Waals surface area contributed by atoms with Crippen LogP contribution in [0.15, 0.2) is 17.5 Å². The summed E-state index contributed by atoms with van der Waals surface area (Å²) in [6.45, 7) is 5.09. The molecule has 1 heterocycles. The average Bonchev–Trinajstić information content (AvgIpc) is 2.67. The van der Waals surface area contributed by atoms with Crippen molar-refractivity contribution >= 4 is 11.3 Å². The first-order chi connectivity index (χ1) is 6.16. The highest BCUT2D eigenvalue weighted by Crippen LogP contribution is 2.24. The molecule has 0 aliphatic heterocycles. The Labute approximate surface area is 84.4 Å². The predicted molar refractivity (Wildman–Crippen MR) is 59.0 cm³/mol. The maximum absolute atomic E-state index is 5.63. The number of thiophene rings is 1. The maximum atomic E-state index is 5.63. The van der Waals surface area contributed by atoms with Crippen LogP contribution in [0.2, 0.25) is 0 Å². The summed E-state index contributed by atoms with van der Waals surface area (Å²) in [5.41, 5.74) is 5.63. The number of nitrogens with two attached hydrogens (primary N) is 1. The molecule has 2 unspecified atom stereocenters. The Hall–Kier alpha value is -0.380.